The maximum Gasteiger partial charge on any atom is 0.255 e. The Balaban J connectivity index is 1.49. The van der Waals surface area contributed by atoms with Crippen molar-refractivity contribution in [3.05, 3.63) is 71.2 Å². The fourth-order valence-corrected chi connectivity index (χ4v) is 4.70. The average molecular weight is 602 g/mol. The molecule has 0 atom stereocenters. The number of hydrogen-bond acceptors (Lipinski definition) is 5. The number of aromatic amines is 1. The molecule has 0 saturated heterocycles. The maximum absolute atomic E-state index is 13.0. The minimum Gasteiger partial charge on any atom is -0.370 e. The van der Waals surface area contributed by atoms with Crippen LogP contribution in [0.5, 0.6) is 0 Å². The number of guanidine groups is 1. The summed E-state index contributed by atoms with van der Waals surface area (Å²) < 4.78 is 0. The number of hydrogen-bond donors (Lipinski definition) is 5. The standard InChI is InChI=1S/C27H27Cl3N8O2/c28-8-10-38(11-9-29)23-7-5-19(14-20(23)30)35-26(40)17-4-6-21-22(13-17)37-25(36-21)16-2-1-3-18(12-16)34-24(39)15-33-27(31)32/h1-7,12-14H,8-11,15H2,(H,34,39)(H,35,40)(H,36,37)(H4,31,32,33). The van der Waals surface area contributed by atoms with E-state index < -0.39 is 0 Å². The molecule has 0 radical (unpaired) electrons. The highest BCUT2D eigenvalue weighted by atomic mass is 35.5. The normalized spacial score (nSPS) is 10.8. The van der Waals surface area contributed by atoms with Gasteiger partial charge in [0, 0.05) is 47.4 Å². The Bertz CT molecular complexity index is 1550. The van der Waals surface area contributed by atoms with E-state index in [1.807, 2.05) is 17.0 Å². The largest absolute Gasteiger partial charge is 0.370 e. The third-order valence-electron chi connectivity index (χ3n) is 5.82. The lowest BCUT2D eigenvalue weighted by Crippen LogP contribution is -2.27. The van der Waals surface area contributed by atoms with Gasteiger partial charge in [-0.1, -0.05) is 23.7 Å². The van der Waals surface area contributed by atoms with Gasteiger partial charge < -0.3 is 32.0 Å². The average Bonchev–Trinajstić information content (AvgIpc) is 3.36. The molecular weight excluding hydrogens is 575 g/mol. The molecule has 13 heteroatoms. The number of nitrogens with one attached hydrogen (secondary N) is 3. The molecule has 3 aromatic carbocycles. The number of nitrogens with two attached hydrogens (primary N) is 2. The van der Waals surface area contributed by atoms with Crippen LogP contribution < -0.4 is 27.0 Å². The third-order valence-corrected chi connectivity index (χ3v) is 6.46. The smallest absolute Gasteiger partial charge is 0.255 e. The molecule has 2 amide bonds. The molecule has 0 aliphatic carbocycles. The molecule has 1 aromatic heterocycles. The van der Waals surface area contributed by atoms with Gasteiger partial charge in [0.1, 0.15) is 12.4 Å². The van der Waals surface area contributed by atoms with Gasteiger partial charge in [-0.3, -0.25) is 9.59 Å². The monoisotopic (exact) mass is 600 g/mol. The van der Waals surface area contributed by atoms with Crippen molar-refractivity contribution >= 4 is 80.7 Å². The second kappa shape index (κ2) is 13.4. The van der Waals surface area contributed by atoms with E-state index in [9.17, 15) is 9.59 Å². The molecule has 0 aliphatic heterocycles. The second-order valence-electron chi connectivity index (χ2n) is 8.67. The molecule has 208 valence electrons. The van der Waals surface area contributed by atoms with Gasteiger partial charge in [-0.2, -0.15) is 0 Å². The summed E-state index contributed by atoms with van der Waals surface area (Å²) in [7, 11) is 0. The first-order valence-electron chi connectivity index (χ1n) is 12.2. The zero-order chi connectivity index (χ0) is 28.6. The fraction of sp³-hybridized carbons (Fsp3) is 0.185. The molecule has 0 spiro atoms. The van der Waals surface area contributed by atoms with Crippen LogP contribution in [-0.4, -0.2) is 59.1 Å². The molecule has 0 bridgehead atoms. The number of carbonyl (C=O) groups excluding carboxylic acids is 2. The Morgan fingerprint density at radius 2 is 1.70 bits per heavy atom. The summed E-state index contributed by atoms with van der Waals surface area (Å²) in [6.45, 7) is 1.02. The molecule has 40 heavy (non-hydrogen) atoms. The van der Waals surface area contributed by atoms with E-state index in [1.54, 1.807) is 48.5 Å². The first kappa shape index (κ1) is 29.0. The lowest BCUT2D eigenvalue weighted by molar-refractivity contribution is -0.114. The molecule has 0 aliphatic rings. The lowest BCUT2D eigenvalue weighted by atomic mass is 10.1. The van der Waals surface area contributed by atoms with Crippen LogP contribution in [0, 0.1) is 0 Å². The Labute approximate surface area is 245 Å². The molecule has 4 rings (SSSR count). The predicted octanol–water partition coefficient (Wildman–Crippen LogP) is 4.63. The van der Waals surface area contributed by atoms with Crippen LogP contribution in [0.15, 0.2) is 65.7 Å². The molecular formula is C27H27Cl3N8O2. The summed E-state index contributed by atoms with van der Waals surface area (Å²) in [5.41, 5.74) is 15.0. The van der Waals surface area contributed by atoms with E-state index in [0.717, 1.165) is 11.3 Å². The number of benzene rings is 3. The van der Waals surface area contributed by atoms with Crippen LogP contribution in [0.2, 0.25) is 5.02 Å². The van der Waals surface area contributed by atoms with Crippen molar-refractivity contribution in [2.75, 3.05) is 46.9 Å². The number of aliphatic imine (C=N–C) groups is 1. The van der Waals surface area contributed by atoms with Crippen molar-refractivity contribution in [1.29, 1.82) is 0 Å². The zero-order valence-corrected chi connectivity index (χ0v) is 23.5. The van der Waals surface area contributed by atoms with Crippen LogP contribution >= 0.6 is 34.8 Å². The number of halogens is 3. The summed E-state index contributed by atoms with van der Waals surface area (Å²) in [6, 6.07) is 17.6. The van der Waals surface area contributed by atoms with Crippen LogP contribution in [-0.2, 0) is 4.79 Å². The number of nitrogens with zero attached hydrogens (tertiary/aromatic N) is 3. The molecule has 7 N–H and O–H groups in total. The first-order chi connectivity index (χ1) is 19.3. The summed E-state index contributed by atoms with van der Waals surface area (Å²) in [4.78, 5) is 38.6. The third kappa shape index (κ3) is 7.35. The van der Waals surface area contributed by atoms with Crippen LogP contribution in [0.3, 0.4) is 0 Å². The number of imidazole rings is 1. The van der Waals surface area contributed by atoms with Crippen LogP contribution in [0.4, 0.5) is 17.1 Å². The van der Waals surface area contributed by atoms with Gasteiger partial charge in [0.15, 0.2) is 5.96 Å². The van der Waals surface area contributed by atoms with Gasteiger partial charge in [0.2, 0.25) is 5.91 Å². The number of H-pyrrole nitrogens is 1. The first-order valence-corrected chi connectivity index (χ1v) is 13.7. The van der Waals surface area contributed by atoms with Gasteiger partial charge in [-0.15, -0.1) is 23.2 Å². The van der Waals surface area contributed by atoms with Crippen molar-refractivity contribution in [1.82, 2.24) is 9.97 Å². The van der Waals surface area contributed by atoms with Crippen LogP contribution in [0.1, 0.15) is 10.4 Å². The van der Waals surface area contributed by atoms with Crippen LogP contribution in [0.25, 0.3) is 22.4 Å². The number of anilines is 3. The second-order valence-corrected chi connectivity index (χ2v) is 9.84. The highest BCUT2D eigenvalue weighted by Crippen LogP contribution is 2.30. The molecule has 1 heterocycles. The van der Waals surface area contributed by atoms with E-state index in [2.05, 4.69) is 25.6 Å². The Hall–Kier alpha value is -3.99. The van der Waals surface area contributed by atoms with Crippen molar-refractivity contribution in [2.24, 2.45) is 16.5 Å². The lowest BCUT2D eigenvalue weighted by Gasteiger charge is -2.24. The quantitative estimate of drug-likeness (QED) is 0.0959. The molecule has 10 nitrogen and oxygen atoms in total. The number of alkyl halides is 2. The SMILES string of the molecule is NC(N)=NCC(=O)Nc1cccc(-c2nc3ccc(C(=O)Nc4ccc(N(CCCl)CCCl)c(Cl)c4)cc3[nH]2)c1. The number of fused-ring (bicyclic) bond motifs is 1. The summed E-state index contributed by atoms with van der Waals surface area (Å²) in [6.07, 6.45) is 0. The minimum atomic E-state index is -0.357. The number of carbonyl (C=O) groups is 2. The summed E-state index contributed by atoms with van der Waals surface area (Å²) >= 11 is 18.3. The van der Waals surface area contributed by atoms with E-state index in [4.69, 9.17) is 46.3 Å². The highest BCUT2D eigenvalue weighted by Gasteiger charge is 2.14. The predicted molar refractivity (Wildman–Crippen MR) is 164 cm³/mol. The van der Waals surface area contributed by atoms with Crippen molar-refractivity contribution in [2.45, 2.75) is 0 Å². The van der Waals surface area contributed by atoms with Crippen molar-refractivity contribution < 1.29 is 9.59 Å². The minimum absolute atomic E-state index is 0.159. The van der Waals surface area contributed by atoms with Crippen molar-refractivity contribution in [3.8, 4) is 11.4 Å². The fourth-order valence-electron chi connectivity index (χ4n) is 4.00. The molecule has 0 fully saturated rings. The molecule has 0 saturated carbocycles. The number of rotatable bonds is 11. The Morgan fingerprint density at radius 3 is 2.40 bits per heavy atom. The maximum atomic E-state index is 13.0. The van der Waals surface area contributed by atoms with Gasteiger partial charge in [-0.25, -0.2) is 9.98 Å². The Morgan fingerprint density at radius 1 is 0.950 bits per heavy atom. The van der Waals surface area contributed by atoms with E-state index in [1.165, 1.54) is 0 Å². The number of aromatic nitrogens is 2. The van der Waals surface area contributed by atoms with E-state index in [0.29, 0.717) is 63.7 Å². The van der Waals surface area contributed by atoms with Crippen molar-refractivity contribution in [3.63, 3.8) is 0 Å². The van der Waals surface area contributed by atoms with E-state index >= 15 is 0 Å². The van der Waals surface area contributed by atoms with Gasteiger partial charge in [0.05, 0.1) is 21.7 Å². The van der Waals surface area contributed by atoms with Gasteiger partial charge >= 0.3 is 0 Å². The summed E-state index contributed by atoms with van der Waals surface area (Å²) in [5.74, 6) is 0.635. The highest BCUT2D eigenvalue weighted by molar-refractivity contribution is 6.33. The molecule has 0 unspecified atom stereocenters. The molecule has 4 aromatic rings. The zero-order valence-electron chi connectivity index (χ0n) is 21.3. The van der Waals surface area contributed by atoms with Gasteiger partial charge in [0.25, 0.3) is 5.91 Å². The van der Waals surface area contributed by atoms with Gasteiger partial charge in [-0.05, 0) is 48.5 Å². The number of amides is 2. The Kier molecular flexibility index (Phi) is 9.70. The van der Waals surface area contributed by atoms with E-state index in [-0.39, 0.29) is 24.3 Å². The summed E-state index contributed by atoms with van der Waals surface area (Å²) in [5, 5.41) is 6.10. The topological polar surface area (TPSA) is 155 Å².